The summed E-state index contributed by atoms with van der Waals surface area (Å²) >= 11 is 8.57. The average Bonchev–Trinajstić information content (AvgIpc) is 3.47. The van der Waals surface area contributed by atoms with Crippen molar-refractivity contribution in [3.63, 3.8) is 0 Å². The van der Waals surface area contributed by atoms with Gasteiger partial charge in [-0.1, -0.05) is 48.5 Å². The van der Waals surface area contributed by atoms with Gasteiger partial charge in [0.05, 0.1) is 27.4 Å². The molecule has 6 rings (SSSR count). The molecule has 11 heteroatoms. The van der Waals surface area contributed by atoms with Crippen molar-refractivity contribution in [3.8, 4) is 11.4 Å². The molecule has 0 fully saturated rings. The van der Waals surface area contributed by atoms with Gasteiger partial charge in [-0.3, -0.25) is 14.2 Å². The summed E-state index contributed by atoms with van der Waals surface area (Å²) in [6.07, 6.45) is -1.81. The first kappa shape index (κ1) is 29.7. The lowest BCUT2D eigenvalue weighted by Gasteiger charge is -2.17. The quantitative estimate of drug-likeness (QED) is 0.106. The van der Waals surface area contributed by atoms with Gasteiger partial charge in [-0.25, -0.2) is 4.98 Å². The number of nitrogens with zero attached hydrogens (tertiary/aromatic N) is 3. The minimum atomic E-state index is -4.61. The van der Waals surface area contributed by atoms with Gasteiger partial charge in [0.2, 0.25) is 0 Å². The van der Waals surface area contributed by atoms with Crippen LogP contribution >= 0.6 is 34.7 Å². The van der Waals surface area contributed by atoms with Crippen LogP contribution in [0, 0.1) is 19.8 Å². The first-order valence-electron chi connectivity index (χ1n) is 13.8. The highest BCUT2D eigenvalue weighted by Gasteiger charge is 2.34. The van der Waals surface area contributed by atoms with E-state index >= 15 is 0 Å². The Balaban J connectivity index is 1.36. The highest BCUT2D eigenvalue weighted by Crippen LogP contribution is 2.38. The van der Waals surface area contributed by atoms with Gasteiger partial charge in [-0.05, 0) is 81.0 Å². The van der Waals surface area contributed by atoms with E-state index in [1.807, 2.05) is 30.3 Å². The molecule has 0 spiro atoms. The molecule has 0 N–H and O–H groups in total. The number of thiophene rings is 1. The number of aryl methyl sites for hydroxylation is 2. The van der Waals surface area contributed by atoms with E-state index in [9.17, 15) is 22.8 Å². The van der Waals surface area contributed by atoms with Crippen LogP contribution in [0.25, 0.3) is 21.6 Å². The lowest BCUT2D eigenvalue weighted by atomic mass is 9.89. The summed E-state index contributed by atoms with van der Waals surface area (Å²) in [5, 5.41) is 0.697. The van der Waals surface area contributed by atoms with Crippen molar-refractivity contribution < 1.29 is 18.0 Å². The zero-order chi connectivity index (χ0) is 30.6. The molecule has 2 aromatic carbocycles. The van der Waals surface area contributed by atoms with Gasteiger partial charge >= 0.3 is 6.18 Å². The molecular weight excluding hydrogens is 615 g/mol. The van der Waals surface area contributed by atoms with Crippen molar-refractivity contribution in [1.82, 2.24) is 14.1 Å². The summed E-state index contributed by atoms with van der Waals surface area (Å²) in [6, 6.07) is 14.6. The zero-order valence-electron chi connectivity index (χ0n) is 23.6. The standard InChI is InChI=1S/C32H27ClF3N3O2S2/c1-17-9-11-22-27(13-17)43-29-28(22)30(41)39(20-7-5-4-6-8-20)31(37-29)42-16-26(40)23-14-18(2)38(19(23)3)21-10-12-25(33)24(15-21)32(34,35)36/h4-8,10,12,14-15,17H,9,11,13,16H2,1-3H3/t17-/m1/s1. The van der Waals surface area contributed by atoms with Crippen molar-refractivity contribution in [2.45, 2.75) is 51.4 Å². The van der Waals surface area contributed by atoms with Crippen LogP contribution < -0.4 is 5.56 Å². The molecule has 222 valence electrons. The molecule has 0 bridgehead atoms. The fourth-order valence-corrected chi connectivity index (χ4v) is 8.34. The molecule has 0 unspecified atom stereocenters. The summed E-state index contributed by atoms with van der Waals surface area (Å²) in [6.45, 7) is 5.66. The number of benzene rings is 2. The second-order valence-electron chi connectivity index (χ2n) is 10.9. The van der Waals surface area contributed by atoms with E-state index in [1.165, 1.54) is 28.8 Å². The smallest absolute Gasteiger partial charge is 0.318 e. The molecule has 0 aliphatic heterocycles. The lowest BCUT2D eigenvalue weighted by Crippen LogP contribution is -2.23. The van der Waals surface area contributed by atoms with E-state index in [0.717, 1.165) is 30.9 Å². The maximum atomic E-state index is 14.0. The number of thioether (sulfide) groups is 1. The third kappa shape index (κ3) is 5.45. The molecule has 3 heterocycles. The number of hydrogen-bond acceptors (Lipinski definition) is 5. The first-order valence-corrected chi connectivity index (χ1v) is 16.0. The van der Waals surface area contributed by atoms with Gasteiger partial charge in [0.25, 0.3) is 5.56 Å². The second-order valence-corrected chi connectivity index (χ2v) is 13.3. The number of carbonyl (C=O) groups excluding carboxylic acids is 1. The third-order valence-electron chi connectivity index (χ3n) is 7.89. The Morgan fingerprint density at radius 1 is 1.09 bits per heavy atom. The fourth-order valence-electron chi connectivity index (χ4n) is 5.79. The number of carbonyl (C=O) groups is 1. The number of hydrogen-bond donors (Lipinski definition) is 0. The largest absolute Gasteiger partial charge is 0.417 e. The number of ketones is 1. The normalized spacial score (nSPS) is 15.2. The molecule has 1 aliphatic carbocycles. The predicted molar refractivity (Wildman–Crippen MR) is 167 cm³/mol. The molecule has 0 radical (unpaired) electrons. The van der Waals surface area contributed by atoms with Crippen molar-refractivity contribution in [1.29, 1.82) is 0 Å². The van der Waals surface area contributed by atoms with Crippen LogP contribution in [-0.4, -0.2) is 25.7 Å². The fraction of sp³-hybridized carbons (Fsp3) is 0.281. The Morgan fingerprint density at radius 2 is 1.84 bits per heavy atom. The molecule has 0 amide bonds. The van der Waals surface area contributed by atoms with Gasteiger partial charge in [-0.2, -0.15) is 13.2 Å². The van der Waals surface area contributed by atoms with Crippen molar-refractivity contribution in [3.05, 3.63) is 103 Å². The van der Waals surface area contributed by atoms with Crippen LogP contribution in [0.4, 0.5) is 13.2 Å². The minimum absolute atomic E-state index is 0.00832. The topological polar surface area (TPSA) is 56.9 Å². The number of aromatic nitrogens is 3. The van der Waals surface area contributed by atoms with Gasteiger partial charge < -0.3 is 4.57 Å². The molecule has 0 saturated carbocycles. The van der Waals surface area contributed by atoms with Crippen LogP contribution in [0.3, 0.4) is 0 Å². The van der Waals surface area contributed by atoms with Gasteiger partial charge in [0.1, 0.15) is 4.83 Å². The molecule has 1 aliphatic rings. The van der Waals surface area contributed by atoms with Crippen molar-refractivity contribution in [2.24, 2.45) is 5.92 Å². The van der Waals surface area contributed by atoms with Crippen LogP contribution in [0.1, 0.15) is 51.1 Å². The monoisotopic (exact) mass is 641 g/mol. The average molecular weight is 642 g/mol. The Bertz CT molecular complexity index is 1940. The van der Waals surface area contributed by atoms with Gasteiger partial charge in [0.15, 0.2) is 10.9 Å². The SMILES string of the molecule is Cc1cc(C(=O)CSc2nc3sc4c(c3c(=O)n2-c2ccccc2)CC[C@@H](C)C4)c(C)n1-c1ccc(Cl)c(C(F)(F)F)c1. The summed E-state index contributed by atoms with van der Waals surface area (Å²) in [4.78, 5) is 34.4. The van der Waals surface area contributed by atoms with Gasteiger partial charge in [0, 0.05) is 27.5 Å². The highest BCUT2D eigenvalue weighted by molar-refractivity contribution is 7.99. The number of fused-ring (bicyclic) bond motifs is 3. The van der Waals surface area contributed by atoms with Crippen molar-refractivity contribution in [2.75, 3.05) is 5.75 Å². The minimum Gasteiger partial charge on any atom is -0.318 e. The maximum absolute atomic E-state index is 14.0. The molecule has 1 atom stereocenters. The van der Waals surface area contributed by atoms with Crippen LogP contribution in [0.2, 0.25) is 5.02 Å². The highest BCUT2D eigenvalue weighted by atomic mass is 35.5. The number of alkyl halides is 3. The van der Waals surface area contributed by atoms with E-state index in [-0.39, 0.29) is 27.8 Å². The van der Waals surface area contributed by atoms with Crippen molar-refractivity contribution >= 4 is 50.7 Å². The molecular formula is C32H27ClF3N3O2S2. The Morgan fingerprint density at radius 3 is 2.56 bits per heavy atom. The molecule has 5 aromatic rings. The maximum Gasteiger partial charge on any atom is 0.417 e. The Labute approximate surface area is 259 Å². The summed E-state index contributed by atoms with van der Waals surface area (Å²) < 4.78 is 43.8. The summed E-state index contributed by atoms with van der Waals surface area (Å²) in [5.74, 6) is 0.323. The van der Waals surface area contributed by atoms with E-state index in [0.29, 0.717) is 43.9 Å². The Kier molecular flexibility index (Phi) is 7.81. The second kappa shape index (κ2) is 11.3. The van der Waals surface area contributed by atoms with Crippen LogP contribution in [0.15, 0.2) is 64.5 Å². The summed E-state index contributed by atoms with van der Waals surface area (Å²) in [5.41, 5.74) is 2.47. The number of rotatable bonds is 6. The molecule has 3 aromatic heterocycles. The van der Waals surface area contributed by atoms with Gasteiger partial charge in [-0.15, -0.1) is 11.3 Å². The van der Waals surface area contributed by atoms with E-state index in [1.54, 1.807) is 40.4 Å². The van der Waals surface area contributed by atoms with E-state index < -0.39 is 11.7 Å². The molecule has 5 nitrogen and oxygen atoms in total. The number of para-hydroxylation sites is 1. The zero-order valence-corrected chi connectivity index (χ0v) is 26.0. The molecule has 43 heavy (non-hydrogen) atoms. The van der Waals surface area contributed by atoms with E-state index in [2.05, 4.69) is 6.92 Å². The number of halogens is 4. The first-order chi connectivity index (χ1) is 20.4. The third-order valence-corrected chi connectivity index (χ3v) is 10.3. The predicted octanol–water partition coefficient (Wildman–Crippen LogP) is 8.63. The number of Topliss-reactive ketones (excluding diaryl/α,β-unsaturated/α-hetero) is 1. The summed E-state index contributed by atoms with van der Waals surface area (Å²) in [7, 11) is 0. The lowest BCUT2D eigenvalue weighted by molar-refractivity contribution is -0.137. The molecule has 0 saturated heterocycles. The Hall–Kier alpha value is -3.34. The van der Waals surface area contributed by atoms with E-state index in [4.69, 9.17) is 16.6 Å². The van der Waals surface area contributed by atoms with Crippen LogP contribution in [0.5, 0.6) is 0 Å². The van der Waals surface area contributed by atoms with Crippen LogP contribution in [-0.2, 0) is 19.0 Å².